The molecule has 1 atom stereocenters. The van der Waals surface area contributed by atoms with Gasteiger partial charge in [-0.3, -0.25) is 0 Å². The Bertz CT molecular complexity index is 558. The Labute approximate surface area is 143 Å². The van der Waals surface area contributed by atoms with Crippen molar-refractivity contribution in [3.05, 3.63) is 29.8 Å². The summed E-state index contributed by atoms with van der Waals surface area (Å²) >= 11 is 0. The van der Waals surface area contributed by atoms with Gasteiger partial charge in [0.15, 0.2) is 0 Å². The summed E-state index contributed by atoms with van der Waals surface area (Å²) < 4.78 is 5.67. The highest BCUT2D eigenvalue weighted by molar-refractivity contribution is 5.76. The fraction of sp³-hybridized carbons (Fsp3) is 0.611. The number of piperidine rings is 1. The molecule has 0 radical (unpaired) electrons. The van der Waals surface area contributed by atoms with Crippen molar-refractivity contribution in [1.29, 1.82) is 0 Å². The number of likely N-dealkylation sites (tertiary alicyclic amines) is 1. The molecule has 24 heavy (non-hydrogen) atoms. The lowest BCUT2D eigenvalue weighted by molar-refractivity contribution is 0.0508. The summed E-state index contributed by atoms with van der Waals surface area (Å²) in [6.07, 6.45) is 1.44. The molecule has 0 spiro atoms. The maximum Gasteiger partial charge on any atom is 0.317 e. The summed E-state index contributed by atoms with van der Waals surface area (Å²) in [6.45, 7) is 6.34. The van der Waals surface area contributed by atoms with Gasteiger partial charge < -0.3 is 25.0 Å². The minimum atomic E-state index is -0.503. The highest BCUT2D eigenvalue weighted by Gasteiger charge is 2.30. The van der Waals surface area contributed by atoms with Crippen LogP contribution in [0.3, 0.4) is 0 Å². The number of rotatable bonds is 6. The Kier molecular flexibility index (Phi) is 5.58. The molecular formula is C18H27N3O3. The monoisotopic (exact) mass is 333 g/mol. The molecule has 1 aromatic rings. The van der Waals surface area contributed by atoms with E-state index in [1.54, 1.807) is 0 Å². The average molecular weight is 333 g/mol. The first-order valence-electron chi connectivity index (χ1n) is 8.76. The SMILES string of the molecule is Cc1cccc(OCC(O)CN2CCC(N3CCNC3=O)CC2)c1. The zero-order chi connectivity index (χ0) is 16.9. The minimum Gasteiger partial charge on any atom is -0.491 e. The molecule has 132 valence electrons. The maximum atomic E-state index is 11.7. The van der Waals surface area contributed by atoms with E-state index < -0.39 is 6.10 Å². The van der Waals surface area contributed by atoms with E-state index in [2.05, 4.69) is 10.2 Å². The zero-order valence-electron chi connectivity index (χ0n) is 14.3. The first-order chi connectivity index (χ1) is 11.6. The van der Waals surface area contributed by atoms with Crippen molar-refractivity contribution in [3.8, 4) is 5.75 Å². The van der Waals surface area contributed by atoms with E-state index in [1.165, 1.54) is 0 Å². The number of aryl methyl sites for hydroxylation is 1. The predicted octanol–water partition coefficient (Wildman–Crippen LogP) is 1.22. The van der Waals surface area contributed by atoms with Crippen LogP contribution in [0, 0.1) is 6.92 Å². The van der Waals surface area contributed by atoms with Crippen LogP contribution in [-0.4, -0.2) is 72.4 Å². The van der Waals surface area contributed by atoms with Crippen molar-refractivity contribution >= 4 is 6.03 Å². The molecule has 2 amide bonds. The zero-order valence-corrected chi connectivity index (χ0v) is 14.3. The van der Waals surface area contributed by atoms with Gasteiger partial charge in [-0.25, -0.2) is 4.79 Å². The van der Waals surface area contributed by atoms with Crippen LogP contribution in [-0.2, 0) is 0 Å². The Morgan fingerprint density at radius 2 is 2.12 bits per heavy atom. The molecule has 2 N–H and O–H groups in total. The van der Waals surface area contributed by atoms with Crippen LogP contribution in [0.2, 0.25) is 0 Å². The second-order valence-electron chi connectivity index (χ2n) is 6.74. The first kappa shape index (κ1) is 17.0. The molecule has 0 saturated carbocycles. The number of amides is 2. The Balaban J connectivity index is 1.38. The number of benzene rings is 1. The average Bonchev–Trinajstić information content (AvgIpc) is 3.00. The fourth-order valence-corrected chi connectivity index (χ4v) is 3.50. The normalized spacial score (nSPS) is 20.9. The van der Waals surface area contributed by atoms with E-state index in [-0.39, 0.29) is 6.03 Å². The molecular weight excluding hydrogens is 306 g/mol. The number of nitrogens with one attached hydrogen (secondary N) is 1. The van der Waals surface area contributed by atoms with Gasteiger partial charge in [-0.05, 0) is 37.5 Å². The van der Waals surface area contributed by atoms with Crippen LogP contribution in [0.5, 0.6) is 5.75 Å². The Hall–Kier alpha value is -1.79. The van der Waals surface area contributed by atoms with Gasteiger partial charge in [-0.1, -0.05) is 12.1 Å². The second-order valence-corrected chi connectivity index (χ2v) is 6.74. The molecule has 0 aromatic heterocycles. The fourth-order valence-electron chi connectivity index (χ4n) is 3.50. The standard InChI is InChI=1S/C18H27N3O3/c1-14-3-2-4-17(11-14)24-13-16(22)12-20-8-5-15(6-9-20)21-10-7-19-18(21)23/h2-4,11,15-16,22H,5-10,12-13H2,1H3,(H,19,23). The van der Waals surface area contributed by atoms with Gasteiger partial charge in [-0.15, -0.1) is 0 Å². The van der Waals surface area contributed by atoms with E-state index in [1.807, 2.05) is 36.1 Å². The number of hydrogen-bond donors (Lipinski definition) is 2. The molecule has 2 heterocycles. The molecule has 0 bridgehead atoms. The summed E-state index contributed by atoms with van der Waals surface area (Å²) in [5.41, 5.74) is 1.15. The van der Waals surface area contributed by atoms with Gasteiger partial charge in [0.2, 0.25) is 0 Å². The molecule has 2 fully saturated rings. The third-order valence-electron chi connectivity index (χ3n) is 4.79. The third-order valence-corrected chi connectivity index (χ3v) is 4.79. The van der Waals surface area contributed by atoms with E-state index in [0.717, 1.165) is 50.3 Å². The molecule has 0 aliphatic carbocycles. The van der Waals surface area contributed by atoms with Gasteiger partial charge in [0, 0.05) is 38.8 Å². The van der Waals surface area contributed by atoms with E-state index in [0.29, 0.717) is 19.2 Å². The Morgan fingerprint density at radius 3 is 2.79 bits per heavy atom. The summed E-state index contributed by atoms with van der Waals surface area (Å²) in [5, 5.41) is 13.1. The van der Waals surface area contributed by atoms with E-state index in [9.17, 15) is 9.90 Å². The second kappa shape index (κ2) is 7.85. The summed E-state index contributed by atoms with van der Waals surface area (Å²) in [6, 6.07) is 8.26. The van der Waals surface area contributed by atoms with Crippen molar-refractivity contribution in [2.75, 3.05) is 39.3 Å². The van der Waals surface area contributed by atoms with Crippen LogP contribution in [0.15, 0.2) is 24.3 Å². The molecule has 2 saturated heterocycles. The number of carbonyl (C=O) groups excluding carboxylic acids is 1. The van der Waals surface area contributed by atoms with Crippen molar-refractivity contribution in [1.82, 2.24) is 15.1 Å². The van der Waals surface area contributed by atoms with E-state index >= 15 is 0 Å². The Morgan fingerprint density at radius 1 is 1.33 bits per heavy atom. The molecule has 2 aliphatic heterocycles. The number of nitrogens with zero attached hydrogens (tertiary/aromatic N) is 2. The lowest BCUT2D eigenvalue weighted by Gasteiger charge is -2.36. The molecule has 1 aromatic carbocycles. The quantitative estimate of drug-likeness (QED) is 0.822. The highest BCUT2D eigenvalue weighted by atomic mass is 16.5. The van der Waals surface area contributed by atoms with Crippen LogP contribution < -0.4 is 10.1 Å². The summed E-state index contributed by atoms with van der Waals surface area (Å²) in [7, 11) is 0. The molecule has 3 rings (SSSR count). The van der Waals surface area contributed by atoms with E-state index in [4.69, 9.17) is 4.74 Å². The molecule has 1 unspecified atom stereocenters. The van der Waals surface area contributed by atoms with Gasteiger partial charge in [0.25, 0.3) is 0 Å². The van der Waals surface area contributed by atoms with Gasteiger partial charge in [0.05, 0.1) is 0 Å². The number of urea groups is 1. The van der Waals surface area contributed by atoms with Crippen molar-refractivity contribution in [2.24, 2.45) is 0 Å². The summed E-state index contributed by atoms with van der Waals surface area (Å²) in [5.74, 6) is 0.799. The van der Waals surface area contributed by atoms with Crippen molar-refractivity contribution in [3.63, 3.8) is 0 Å². The number of hydrogen-bond acceptors (Lipinski definition) is 4. The van der Waals surface area contributed by atoms with Crippen molar-refractivity contribution in [2.45, 2.75) is 31.9 Å². The first-order valence-corrected chi connectivity index (χ1v) is 8.76. The number of aliphatic hydroxyl groups is 1. The number of ether oxygens (including phenoxy) is 1. The lowest BCUT2D eigenvalue weighted by Crippen LogP contribution is -2.48. The number of β-amino-alcohol motifs (C(OH)–C–C–N with tert-alkyl or cyclic N) is 1. The molecule has 6 heteroatoms. The van der Waals surface area contributed by atoms with Gasteiger partial charge in [-0.2, -0.15) is 0 Å². The molecule has 6 nitrogen and oxygen atoms in total. The number of aliphatic hydroxyl groups excluding tert-OH is 1. The van der Waals surface area contributed by atoms with Crippen LogP contribution >= 0.6 is 0 Å². The maximum absolute atomic E-state index is 11.7. The smallest absolute Gasteiger partial charge is 0.317 e. The van der Waals surface area contributed by atoms with Crippen LogP contribution in [0.1, 0.15) is 18.4 Å². The minimum absolute atomic E-state index is 0.0695. The lowest BCUT2D eigenvalue weighted by atomic mass is 10.0. The van der Waals surface area contributed by atoms with Crippen LogP contribution in [0.25, 0.3) is 0 Å². The van der Waals surface area contributed by atoms with Gasteiger partial charge in [0.1, 0.15) is 18.5 Å². The van der Waals surface area contributed by atoms with Crippen LogP contribution in [0.4, 0.5) is 4.79 Å². The third kappa shape index (κ3) is 4.39. The highest BCUT2D eigenvalue weighted by Crippen LogP contribution is 2.19. The largest absolute Gasteiger partial charge is 0.491 e. The number of carbonyl (C=O) groups is 1. The topological polar surface area (TPSA) is 65.0 Å². The van der Waals surface area contributed by atoms with Gasteiger partial charge >= 0.3 is 6.03 Å². The van der Waals surface area contributed by atoms with Crippen molar-refractivity contribution < 1.29 is 14.6 Å². The predicted molar refractivity (Wildman–Crippen MR) is 92.2 cm³/mol. The summed E-state index contributed by atoms with van der Waals surface area (Å²) in [4.78, 5) is 15.9. The molecule has 2 aliphatic rings.